The van der Waals surface area contributed by atoms with Crippen LogP contribution in [0.2, 0.25) is 0 Å². The highest BCUT2D eigenvalue weighted by molar-refractivity contribution is 5.76. The van der Waals surface area contributed by atoms with Crippen LogP contribution in [0.25, 0.3) is 22.5 Å². The van der Waals surface area contributed by atoms with E-state index < -0.39 is 34.9 Å². The van der Waals surface area contributed by atoms with Crippen LogP contribution in [0.1, 0.15) is 38.5 Å². The molecule has 3 nitrogen and oxygen atoms in total. The Hall–Kier alpha value is -3.10. The van der Waals surface area contributed by atoms with Gasteiger partial charge >= 0.3 is 0 Å². The van der Waals surface area contributed by atoms with Crippen LogP contribution in [0.3, 0.4) is 0 Å². The Morgan fingerprint density at radius 2 is 1.19 bits per heavy atom. The van der Waals surface area contributed by atoms with Crippen LogP contribution in [0.15, 0.2) is 30.5 Å². The lowest BCUT2D eigenvalue weighted by molar-refractivity contribution is 0.447. The third-order valence-corrected chi connectivity index (χ3v) is 5.52. The van der Waals surface area contributed by atoms with Crippen molar-refractivity contribution < 1.29 is 26.3 Å². The van der Waals surface area contributed by atoms with Gasteiger partial charge in [-0.3, -0.25) is 0 Å². The van der Waals surface area contributed by atoms with Crippen molar-refractivity contribution in [1.29, 1.82) is 0 Å². The lowest BCUT2D eigenvalue weighted by Crippen LogP contribution is -2.20. The Bertz CT molecular complexity index is 1100. The van der Waals surface area contributed by atoms with Gasteiger partial charge in [0, 0.05) is 23.4 Å². The van der Waals surface area contributed by atoms with Gasteiger partial charge in [0.15, 0.2) is 40.7 Å². The molecule has 1 heterocycles. The topological polar surface area (TPSA) is 37.8 Å². The van der Waals surface area contributed by atoms with E-state index in [0.717, 1.165) is 62.8 Å². The Morgan fingerprint density at radius 3 is 1.72 bits per heavy atom. The number of anilines is 1. The van der Waals surface area contributed by atoms with Crippen LogP contribution < -0.4 is 5.32 Å². The Labute approximate surface area is 180 Å². The molecule has 1 aliphatic rings. The minimum Gasteiger partial charge on any atom is -0.367 e. The Morgan fingerprint density at radius 1 is 0.688 bits per heavy atom. The van der Waals surface area contributed by atoms with Crippen LogP contribution in [-0.2, 0) is 0 Å². The monoisotopic (exact) mass is 451 g/mol. The highest BCUT2D eigenvalue weighted by Gasteiger charge is 2.20. The average Bonchev–Trinajstić information content (AvgIpc) is 3.04. The van der Waals surface area contributed by atoms with Crippen molar-refractivity contribution in [3.8, 4) is 22.5 Å². The van der Waals surface area contributed by atoms with Crippen LogP contribution in [0.5, 0.6) is 0 Å². The standard InChI is InChI=1S/C23H19F6N3/c24-16-7-12(8-17(25)20(16)28)15-11-30-22(13-9-18(26)21(29)19(27)10-13)32-23(15)31-14-5-3-1-2-4-6-14/h7-11,14H,1-6H2,(H,30,31,32). The molecule has 2 aromatic carbocycles. The van der Waals surface area contributed by atoms with E-state index >= 15 is 0 Å². The predicted molar refractivity (Wildman–Crippen MR) is 108 cm³/mol. The maximum Gasteiger partial charge on any atom is 0.194 e. The fraction of sp³-hybridized carbons (Fsp3) is 0.304. The minimum atomic E-state index is -1.61. The molecule has 0 amide bonds. The van der Waals surface area contributed by atoms with Crippen LogP contribution in [0.4, 0.5) is 32.2 Å². The van der Waals surface area contributed by atoms with E-state index in [9.17, 15) is 26.3 Å². The van der Waals surface area contributed by atoms with E-state index in [1.54, 1.807) is 0 Å². The molecule has 0 unspecified atom stereocenters. The summed E-state index contributed by atoms with van der Waals surface area (Å²) in [5.74, 6) is -8.66. The second-order valence-corrected chi connectivity index (χ2v) is 7.80. The molecule has 32 heavy (non-hydrogen) atoms. The first-order valence-electron chi connectivity index (χ1n) is 10.3. The van der Waals surface area contributed by atoms with Gasteiger partial charge in [-0.2, -0.15) is 0 Å². The maximum atomic E-state index is 13.8. The maximum absolute atomic E-state index is 13.8. The number of benzene rings is 2. The number of nitrogens with zero attached hydrogens (tertiary/aromatic N) is 2. The van der Waals surface area contributed by atoms with Gasteiger partial charge in [0.05, 0.1) is 0 Å². The molecule has 168 valence electrons. The zero-order valence-electron chi connectivity index (χ0n) is 16.9. The van der Waals surface area contributed by atoms with Gasteiger partial charge in [-0.25, -0.2) is 36.3 Å². The molecule has 3 aromatic rings. The van der Waals surface area contributed by atoms with E-state index in [0.29, 0.717) is 0 Å². The normalized spacial score (nSPS) is 14.9. The van der Waals surface area contributed by atoms with Crippen molar-refractivity contribution in [2.45, 2.75) is 44.6 Å². The molecule has 1 N–H and O–H groups in total. The fourth-order valence-corrected chi connectivity index (χ4v) is 3.85. The third kappa shape index (κ3) is 4.56. The summed E-state index contributed by atoms with van der Waals surface area (Å²) in [7, 11) is 0. The highest BCUT2D eigenvalue weighted by Crippen LogP contribution is 2.32. The molecular formula is C23H19F6N3. The van der Waals surface area contributed by atoms with Crippen molar-refractivity contribution in [3.63, 3.8) is 0 Å². The summed E-state index contributed by atoms with van der Waals surface area (Å²) in [6.07, 6.45) is 7.05. The zero-order valence-corrected chi connectivity index (χ0v) is 16.9. The second kappa shape index (κ2) is 9.18. The quantitative estimate of drug-likeness (QED) is 0.270. The molecule has 1 aliphatic carbocycles. The van der Waals surface area contributed by atoms with Crippen molar-refractivity contribution in [2.24, 2.45) is 0 Å². The summed E-state index contributed by atoms with van der Waals surface area (Å²) in [6.45, 7) is 0. The van der Waals surface area contributed by atoms with Crippen LogP contribution in [0, 0.1) is 34.9 Å². The molecule has 0 aliphatic heterocycles. The summed E-state index contributed by atoms with van der Waals surface area (Å²) < 4.78 is 81.9. The molecule has 4 rings (SSSR count). The summed E-state index contributed by atoms with van der Waals surface area (Å²) >= 11 is 0. The molecule has 0 bridgehead atoms. The number of hydrogen-bond donors (Lipinski definition) is 1. The SMILES string of the molecule is Fc1cc(-c2ncc(-c3cc(F)c(F)c(F)c3)c(NC3CCCCCC3)n2)cc(F)c1F. The molecule has 1 saturated carbocycles. The van der Waals surface area contributed by atoms with Crippen molar-refractivity contribution in [3.05, 3.63) is 65.4 Å². The van der Waals surface area contributed by atoms with Crippen molar-refractivity contribution >= 4 is 5.82 Å². The van der Waals surface area contributed by atoms with Crippen LogP contribution >= 0.6 is 0 Å². The first-order valence-corrected chi connectivity index (χ1v) is 10.3. The first kappa shape index (κ1) is 22.1. The van der Waals surface area contributed by atoms with Gasteiger partial charge in [-0.1, -0.05) is 25.7 Å². The molecule has 1 fully saturated rings. The number of nitrogens with one attached hydrogen (secondary N) is 1. The molecule has 9 heteroatoms. The van der Waals surface area contributed by atoms with Crippen LogP contribution in [-0.4, -0.2) is 16.0 Å². The number of halogens is 6. The summed E-state index contributed by atoms with van der Waals surface area (Å²) in [6, 6.07) is 3.19. The van der Waals surface area contributed by atoms with E-state index in [4.69, 9.17) is 0 Å². The zero-order chi connectivity index (χ0) is 22.8. The van der Waals surface area contributed by atoms with Gasteiger partial charge in [0.1, 0.15) is 5.82 Å². The van der Waals surface area contributed by atoms with E-state index in [2.05, 4.69) is 15.3 Å². The van der Waals surface area contributed by atoms with E-state index in [-0.39, 0.29) is 34.4 Å². The van der Waals surface area contributed by atoms with E-state index in [1.165, 1.54) is 6.20 Å². The number of aromatic nitrogens is 2. The summed E-state index contributed by atoms with van der Waals surface area (Å²) in [5, 5.41) is 3.24. The fourth-order valence-electron chi connectivity index (χ4n) is 3.85. The summed E-state index contributed by atoms with van der Waals surface area (Å²) in [4.78, 5) is 8.37. The van der Waals surface area contributed by atoms with Crippen molar-refractivity contribution in [1.82, 2.24) is 9.97 Å². The molecule has 0 atom stereocenters. The molecule has 0 spiro atoms. The van der Waals surface area contributed by atoms with Gasteiger partial charge in [-0.05, 0) is 42.7 Å². The third-order valence-electron chi connectivity index (χ3n) is 5.52. The Kier molecular flexibility index (Phi) is 6.34. The number of rotatable bonds is 4. The van der Waals surface area contributed by atoms with Crippen molar-refractivity contribution in [2.75, 3.05) is 5.32 Å². The van der Waals surface area contributed by atoms with E-state index in [1.807, 2.05) is 0 Å². The molecular weight excluding hydrogens is 432 g/mol. The molecule has 1 aromatic heterocycles. The average molecular weight is 451 g/mol. The smallest absolute Gasteiger partial charge is 0.194 e. The summed E-state index contributed by atoms with van der Waals surface area (Å²) in [5.41, 5.74) is 0.0905. The minimum absolute atomic E-state index is 0.000499. The Balaban J connectivity index is 1.80. The largest absolute Gasteiger partial charge is 0.367 e. The van der Waals surface area contributed by atoms with Gasteiger partial charge in [0.25, 0.3) is 0 Å². The number of hydrogen-bond acceptors (Lipinski definition) is 3. The predicted octanol–water partition coefficient (Wildman–Crippen LogP) is 6.78. The lowest BCUT2D eigenvalue weighted by Gasteiger charge is -2.20. The van der Waals surface area contributed by atoms with Gasteiger partial charge in [0.2, 0.25) is 0 Å². The van der Waals surface area contributed by atoms with Gasteiger partial charge < -0.3 is 5.32 Å². The molecule has 0 saturated heterocycles. The molecule has 0 radical (unpaired) electrons. The lowest BCUT2D eigenvalue weighted by atomic mass is 10.0. The highest BCUT2D eigenvalue weighted by atomic mass is 19.2. The van der Waals surface area contributed by atoms with Gasteiger partial charge in [-0.15, -0.1) is 0 Å². The second-order valence-electron chi connectivity index (χ2n) is 7.80. The first-order chi connectivity index (χ1) is 15.3.